The zero-order valence-corrected chi connectivity index (χ0v) is 11.6. The van der Waals surface area contributed by atoms with Crippen molar-refractivity contribution >= 4 is 33.3 Å². The Balaban J connectivity index is 1.69. The summed E-state index contributed by atoms with van der Waals surface area (Å²) in [6.07, 6.45) is 3.54. The highest BCUT2D eigenvalue weighted by molar-refractivity contribution is 7.16. The number of anilines is 1. The Bertz CT molecular complexity index is 589. The molecule has 3 rings (SSSR count). The molecule has 5 nitrogen and oxygen atoms in total. The van der Waals surface area contributed by atoms with Crippen LogP contribution in [-0.2, 0) is 4.79 Å². The van der Waals surface area contributed by atoms with E-state index in [1.165, 1.54) is 0 Å². The maximum absolute atomic E-state index is 11.3. The fraction of sp³-hybridized carbons (Fsp3) is 0.462. The van der Waals surface area contributed by atoms with E-state index in [-0.39, 0.29) is 5.91 Å². The van der Waals surface area contributed by atoms with Gasteiger partial charge in [0.15, 0.2) is 0 Å². The lowest BCUT2D eigenvalue weighted by Gasteiger charge is -2.32. The molecule has 1 fully saturated rings. The summed E-state index contributed by atoms with van der Waals surface area (Å²) in [6, 6.07) is 2.43. The lowest BCUT2D eigenvalue weighted by molar-refractivity contribution is -0.129. The molecule has 0 unspecified atom stereocenters. The molecule has 0 aromatic carbocycles. The van der Waals surface area contributed by atoms with E-state index in [0.717, 1.165) is 42.0 Å². The second kappa shape index (κ2) is 5.13. The number of carbonyl (C=O) groups is 1. The number of nitrogens with zero attached hydrogens (tertiary/aromatic N) is 3. The zero-order chi connectivity index (χ0) is 13.2. The van der Waals surface area contributed by atoms with Crippen LogP contribution in [-0.4, -0.2) is 39.9 Å². The lowest BCUT2D eigenvalue weighted by atomic mass is 10.0. The van der Waals surface area contributed by atoms with Gasteiger partial charge in [0, 0.05) is 26.1 Å². The predicted octanol–water partition coefficient (Wildman–Crippen LogP) is 2.11. The third kappa shape index (κ3) is 2.53. The molecule has 0 spiro atoms. The predicted molar refractivity (Wildman–Crippen MR) is 76.3 cm³/mol. The van der Waals surface area contributed by atoms with Crippen molar-refractivity contribution in [2.45, 2.75) is 25.8 Å². The highest BCUT2D eigenvalue weighted by Gasteiger charge is 2.21. The summed E-state index contributed by atoms with van der Waals surface area (Å²) in [5.74, 6) is 1.08. The minimum Gasteiger partial charge on any atom is -0.367 e. The van der Waals surface area contributed by atoms with E-state index in [2.05, 4.69) is 15.3 Å². The fourth-order valence-corrected chi connectivity index (χ4v) is 3.17. The van der Waals surface area contributed by atoms with Gasteiger partial charge in [-0.15, -0.1) is 11.3 Å². The third-order valence-electron chi connectivity index (χ3n) is 3.54. The Kier molecular flexibility index (Phi) is 3.33. The Morgan fingerprint density at radius 2 is 2.21 bits per heavy atom. The van der Waals surface area contributed by atoms with Crippen molar-refractivity contribution in [3.63, 3.8) is 0 Å². The van der Waals surface area contributed by atoms with Crippen LogP contribution in [0.3, 0.4) is 0 Å². The zero-order valence-electron chi connectivity index (χ0n) is 10.8. The number of hydrogen-bond donors (Lipinski definition) is 1. The van der Waals surface area contributed by atoms with E-state index in [9.17, 15) is 4.79 Å². The van der Waals surface area contributed by atoms with Crippen molar-refractivity contribution in [2.75, 3.05) is 18.4 Å². The number of aromatic nitrogens is 2. The van der Waals surface area contributed by atoms with Gasteiger partial charge in [0.1, 0.15) is 17.0 Å². The molecular formula is C13H16N4OS. The SMILES string of the molecule is CC(=O)N1CCC(Nc2ncnc3sccc23)CC1. The molecule has 0 bridgehead atoms. The Hall–Kier alpha value is -1.69. The molecule has 3 heterocycles. The van der Waals surface area contributed by atoms with Crippen LogP contribution in [0.25, 0.3) is 10.2 Å². The van der Waals surface area contributed by atoms with E-state index in [1.807, 2.05) is 16.3 Å². The van der Waals surface area contributed by atoms with Crippen molar-refractivity contribution in [3.8, 4) is 0 Å². The summed E-state index contributed by atoms with van der Waals surface area (Å²) in [4.78, 5) is 22.8. The first-order valence-corrected chi connectivity index (χ1v) is 7.32. The van der Waals surface area contributed by atoms with Gasteiger partial charge in [0.25, 0.3) is 0 Å². The van der Waals surface area contributed by atoms with Crippen LogP contribution in [0.1, 0.15) is 19.8 Å². The number of fused-ring (bicyclic) bond motifs is 1. The van der Waals surface area contributed by atoms with Crippen LogP contribution in [0.4, 0.5) is 5.82 Å². The van der Waals surface area contributed by atoms with Gasteiger partial charge in [-0.1, -0.05) is 0 Å². The number of rotatable bonds is 2. The minimum atomic E-state index is 0.167. The molecule has 1 aliphatic heterocycles. The second-order valence-electron chi connectivity index (χ2n) is 4.79. The number of nitrogens with one attached hydrogen (secondary N) is 1. The summed E-state index contributed by atoms with van der Waals surface area (Å²) in [5, 5.41) is 6.60. The summed E-state index contributed by atoms with van der Waals surface area (Å²) in [7, 11) is 0. The molecule has 0 saturated carbocycles. The molecule has 6 heteroatoms. The lowest BCUT2D eigenvalue weighted by Crippen LogP contribution is -2.41. The van der Waals surface area contributed by atoms with Crippen molar-refractivity contribution < 1.29 is 4.79 Å². The summed E-state index contributed by atoms with van der Waals surface area (Å²) in [5.41, 5.74) is 0. The molecule has 1 amide bonds. The fourth-order valence-electron chi connectivity index (χ4n) is 2.44. The van der Waals surface area contributed by atoms with Gasteiger partial charge in [0.2, 0.25) is 5.91 Å². The first kappa shape index (κ1) is 12.3. The molecule has 2 aromatic rings. The van der Waals surface area contributed by atoms with Crippen LogP contribution < -0.4 is 5.32 Å². The van der Waals surface area contributed by atoms with Crippen molar-refractivity contribution in [1.82, 2.24) is 14.9 Å². The quantitative estimate of drug-likeness (QED) is 0.912. The van der Waals surface area contributed by atoms with Gasteiger partial charge in [-0.25, -0.2) is 9.97 Å². The van der Waals surface area contributed by atoms with Gasteiger partial charge in [-0.2, -0.15) is 0 Å². The molecule has 1 N–H and O–H groups in total. The van der Waals surface area contributed by atoms with Crippen LogP contribution in [0.5, 0.6) is 0 Å². The van der Waals surface area contributed by atoms with Gasteiger partial charge in [-0.05, 0) is 24.3 Å². The molecule has 0 radical (unpaired) electrons. The average molecular weight is 276 g/mol. The first-order chi connectivity index (χ1) is 9.24. The number of piperidine rings is 1. The molecular weight excluding hydrogens is 260 g/mol. The topological polar surface area (TPSA) is 58.1 Å². The molecule has 2 aromatic heterocycles. The molecule has 1 saturated heterocycles. The van der Waals surface area contributed by atoms with E-state index in [1.54, 1.807) is 24.6 Å². The van der Waals surface area contributed by atoms with Gasteiger partial charge >= 0.3 is 0 Å². The average Bonchev–Trinajstić information content (AvgIpc) is 2.89. The maximum Gasteiger partial charge on any atom is 0.219 e. The molecule has 19 heavy (non-hydrogen) atoms. The monoisotopic (exact) mass is 276 g/mol. The van der Waals surface area contributed by atoms with E-state index in [4.69, 9.17) is 0 Å². The Labute approximate surface area is 115 Å². The highest BCUT2D eigenvalue weighted by Crippen LogP contribution is 2.25. The van der Waals surface area contributed by atoms with E-state index in [0.29, 0.717) is 6.04 Å². The normalized spacial score (nSPS) is 16.8. The minimum absolute atomic E-state index is 0.167. The largest absolute Gasteiger partial charge is 0.367 e. The van der Waals surface area contributed by atoms with Crippen molar-refractivity contribution in [2.24, 2.45) is 0 Å². The van der Waals surface area contributed by atoms with Gasteiger partial charge in [0.05, 0.1) is 5.39 Å². The van der Waals surface area contributed by atoms with Gasteiger partial charge in [-0.3, -0.25) is 4.79 Å². The van der Waals surface area contributed by atoms with Crippen molar-refractivity contribution in [1.29, 1.82) is 0 Å². The number of thiophene rings is 1. The van der Waals surface area contributed by atoms with Crippen molar-refractivity contribution in [3.05, 3.63) is 17.8 Å². The number of amides is 1. The number of likely N-dealkylation sites (tertiary alicyclic amines) is 1. The van der Waals surface area contributed by atoms with E-state index < -0.39 is 0 Å². The van der Waals surface area contributed by atoms with Gasteiger partial charge < -0.3 is 10.2 Å². The van der Waals surface area contributed by atoms with Crippen LogP contribution in [0.15, 0.2) is 17.8 Å². The molecule has 100 valence electrons. The standard InChI is InChI=1S/C13H16N4OS/c1-9(18)17-5-2-10(3-6-17)16-12-11-4-7-19-13(11)15-8-14-12/h4,7-8,10H,2-3,5-6H2,1H3,(H,14,15,16). The second-order valence-corrected chi connectivity index (χ2v) is 5.68. The van der Waals surface area contributed by atoms with E-state index >= 15 is 0 Å². The maximum atomic E-state index is 11.3. The number of carbonyl (C=O) groups excluding carboxylic acids is 1. The van der Waals surface area contributed by atoms with Crippen LogP contribution in [0, 0.1) is 0 Å². The van der Waals surface area contributed by atoms with Crippen LogP contribution >= 0.6 is 11.3 Å². The molecule has 0 aliphatic carbocycles. The smallest absolute Gasteiger partial charge is 0.219 e. The Morgan fingerprint density at radius 1 is 1.42 bits per heavy atom. The number of hydrogen-bond acceptors (Lipinski definition) is 5. The third-order valence-corrected chi connectivity index (χ3v) is 4.36. The molecule has 1 aliphatic rings. The highest BCUT2D eigenvalue weighted by atomic mass is 32.1. The summed E-state index contributed by atoms with van der Waals surface area (Å²) < 4.78 is 0. The summed E-state index contributed by atoms with van der Waals surface area (Å²) in [6.45, 7) is 3.28. The first-order valence-electron chi connectivity index (χ1n) is 6.44. The molecule has 0 atom stereocenters. The Morgan fingerprint density at radius 3 is 2.95 bits per heavy atom. The van der Waals surface area contributed by atoms with Crippen LogP contribution in [0.2, 0.25) is 0 Å². The summed E-state index contributed by atoms with van der Waals surface area (Å²) >= 11 is 1.62.